The van der Waals surface area contributed by atoms with Gasteiger partial charge in [-0.3, -0.25) is 4.79 Å². The predicted molar refractivity (Wildman–Crippen MR) is 82.6 cm³/mol. The summed E-state index contributed by atoms with van der Waals surface area (Å²) in [4.78, 5) is 11.4. The summed E-state index contributed by atoms with van der Waals surface area (Å²) in [5.74, 6) is -0.416. The number of rotatable bonds is 4. The van der Waals surface area contributed by atoms with Gasteiger partial charge >= 0.3 is 0 Å². The van der Waals surface area contributed by atoms with E-state index in [-0.39, 0.29) is 0 Å². The van der Waals surface area contributed by atoms with Crippen LogP contribution in [0.25, 0.3) is 0 Å². The molecule has 1 aromatic carbocycles. The molecule has 1 aliphatic carbocycles. The fourth-order valence-electron chi connectivity index (χ4n) is 2.56. The Bertz CT molecular complexity index is 456. The van der Waals surface area contributed by atoms with E-state index in [0.29, 0.717) is 17.3 Å². The number of anilines is 2. The maximum absolute atomic E-state index is 11.4. The molecule has 104 valence electrons. The Morgan fingerprint density at radius 1 is 1.32 bits per heavy atom. The van der Waals surface area contributed by atoms with E-state index in [1.165, 1.54) is 12.8 Å². The molecule has 0 atom stereocenters. The van der Waals surface area contributed by atoms with Crippen molar-refractivity contribution in [1.82, 2.24) is 0 Å². The third-order valence-corrected chi connectivity index (χ3v) is 4.81. The smallest absolute Gasteiger partial charge is 0.250 e. The van der Waals surface area contributed by atoms with Crippen LogP contribution in [-0.4, -0.2) is 23.5 Å². The molecule has 0 bridgehead atoms. The van der Waals surface area contributed by atoms with Gasteiger partial charge in [-0.1, -0.05) is 0 Å². The van der Waals surface area contributed by atoms with Gasteiger partial charge in [0.25, 0.3) is 5.91 Å². The van der Waals surface area contributed by atoms with E-state index in [2.05, 4.69) is 11.6 Å². The average Bonchev–Trinajstić information content (AvgIpc) is 2.39. The van der Waals surface area contributed by atoms with E-state index in [1.54, 1.807) is 18.2 Å². The van der Waals surface area contributed by atoms with E-state index in [0.717, 1.165) is 23.8 Å². The lowest BCUT2D eigenvalue weighted by Crippen LogP contribution is -2.28. The van der Waals surface area contributed by atoms with Crippen molar-refractivity contribution in [3.8, 4) is 0 Å². The van der Waals surface area contributed by atoms with E-state index < -0.39 is 5.91 Å². The van der Waals surface area contributed by atoms with Crippen LogP contribution in [0.4, 0.5) is 11.4 Å². The first kappa shape index (κ1) is 14.1. The molecule has 2 rings (SSSR count). The maximum Gasteiger partial charge on any atom is 0.250 e. The maximum atomic E-state index is 11.4. The van der Waals surface area contributed by atoms with Gasteiger partial charge in [-0.2, -0.15) is 11.8 Å². The number of thioether (sulfide) groups is 1. The number of nitrogens with two attached hydrogens (primary N) is 2. The van der Waals surface area contributed by atoms with Crippen molar-refractivity contribution in [3.63, 3.8) is 0 Å². The molecule has 1 amide bonds. The summed E-state index contributed by atoms with van der Waals surface area (Å²) < 4.78 is 0. The lowest BCUT2D eigenvalue weighted by Gasteiger charge is -2.29. The van der Waals surface area contributed by atoms with Gasteiger partial charge in [-0.15, -0.1) is 0 Å². The summed E-state index contributed by atoms with van der Waals surface area (Å²) in [6, 6.07) is 5.59. The number of hydrogen-bond acceptors (Lipinski definition) is 4. The van der Waals surface area contributed by atoms with Gasteiger partial charge in [-0.25, -0.2) is 0 Å². The Morgan fingerprint density at radius 2 is 2.00 bits per heavy atom. The summed E-state index contributed by atoms with van der Waals surface area (Å²) in [5.41, 5.74) is 13.1. The number of nitrogens with one attached hydrogen (secondary N) is 1. The molecule has 1 saturated carbocycles. The Morgan fingerprint density at radius 3 is 2.58 bits per heavy atom. The molecule has 0 aromatic heterocycles. The van der Waals surface area contributed by atoms with Crippen LogP contribution < -0.4 is 16.8 Å². The standard InChI is InChI=1S/C14H21N3OS/c1-19-11-5-3-10(4-6-11)17-13-8-9(15)2-7-12(13)14(16)18/h2,7-8,10-11,17H,3-6,15H2,1H3,(H2,16,18). The Balaban J connectivity index is 2.06. The molecule has 5 N–H and O–H groups in total. The highest BCUT2D eigenvalue weighted by molar-refractivity contribution is 7.99. The second kappa shape index (κ2) is 6.19. The van der Waals surface area contributed by atoms with Crippen molar-refractivity contribution in [2.75, 3.05) is 17.3 Å². The normalized spacial score (nSPS) is 23.0. The lowest BCUT2D eigenvalue weighted by molar-refractivity contribution is 0.100. The zero-order chi connectivity index (χ0) is 13.8. The molecule has 5 heteroatoms. The van der Waals surface area contributed by atoms with Gasteiger partial charge in [0.2, 0.25) is 0 Å². The molecule has 1 aromatic rings. The molecule has 0 spiro atoms. The zero-order valence-electron chi connectivity index (χ0n) is 11.2. The Kier molecular flexibility index (Phi) is 4.58. The molecule has 0 aliphatic heterocycles. The highest BCUT2D eigenvalue weighted by Crippen LogP contribution is 2.30. The van der Waals surface area contributed by atoms with Crippen LogP contribution in [0.2, 0.25) is 0 Å². The van der Waals surface area contributed by atoms with E-state index in [9.17, 15) is 4.79 Å². The molecule has 4 nitrogen and oxygen atoms in total. The van der Waals surface area contributed by atoms with Gasteiger partial charge < -0.3 is 16.8 Å². The van der Waals surface area contributed by atoms with Crippen LogP contribution in [0, 0.1) is 0 Å². The highest BCUT2D eigenvalue weighted by Gasteiger charge is 2.21. The third kappa shape index (κ3) is 3.56. The molecule has 1 aliphatic rings. The van der Waals surface area contributed by atoms with Gasteiger partial charge in [0.05, 0.1) is 5.56 Å². The number of primary amides is 1. The minimum atomic E-state index is -0.416. The van der Waals surface area contributed by atoms with Crippen LogP contribution in [0.5, 0.6) is 0 Å². The number of hydrogen-bond donors (Lipinski definition) is 3. The number of carbonyl (C=O) groups excluding carboxylic acids is 1. The molecule has 19 heavy (non-hydrogen) atoms. The summed E-state index contributed by atoms with van der Waals surface area (Å²) in [6.07, 6.45) is 6.85. The van der Waals surface area contributed by atoms with Crippen molar-refractivity contribution in [2.45, 2.75) is 37.0 Å². The summed E-state index contributed by atoms with van der Waals surface area (Å²) in [6.45, 7) is 0. The van der Waals surface area contributed by atoms with Crippen molar-refractivity contribution < 1.29 is 4.79 Å². The van der Waals surface area contributed by atoms with Crippen molar-refractivity contribution in [2.24, 2.45) is 5.73 Å². The number of nitrogen functional groups attached to an aromatic ring is 1. The first-order valence-corrected chi connectivity index (χ1v) is 7.87. The number of benzene rings is 1. The van der Waals surface area contributed by atoms with Gasteiger partial charge in [0.1, 0.15) is 0 Å². The van der Waals surface area contributed by atoms with Crippen LogP contribution in [0.15, 0.2) is 18.2 Å². The quantitative estimate of drug-likeness (QED) is 0.739. The molecular weight excluding hydrogens is 258 g/mol. The topological polar surface area (TPSA) is 81.1 Å². The van der Waals surface area contributed by atoms with Gasteiger partial charge in [-0.05, 0) is 50.1 Å². The zero-order valence-corrected chi connectivity index (χ0v) is 12.0. The van der Waals surface area contributed by atoms with Crippen LogP contribution in [-0.2, 0) is 0 Å². The second-order valence-corrected chi connectivity index (χ2v) is 6.16. The minimum Gasteiger partial charge on any atom is -0.399 e. The molecule has 0 radical (unpaired) electrons. The SMILES string of the molecule is CSC1CCC(Nc2cc(N)ccc2C(N)=O)CC1. The average molecular weight is 279 g/mol. The fourth-order valence-corrected chi connectivity index (χ4v) is 3.30. The Hall–Kier alpha value is -1.36. The number of amides is 1. The predicted octanol–water partition coefficient (Wildman–Crippen LogP) is 2.45. The second-order valence-electron chi connectivity index (χ2n) is 5.02. The summed E-state index contributed by atoms with van der Waals surface area (Å²) in [7, 11) is 0. The molecule has 0 saturated heterocycles. The molecule has 0 unspecified atom stereocenters. The summed E-state index contributed by atoms with van der Waals surface area (Å²) in [5, 5.41) is 4.20. The van der Waals surface area contributed by atoms with E-state index >= 15 is 0 Å². The first-order valence-electron chi connectivity index (χ1n) is 6.59. The van der Waals surface area contributed by atoms with Crippen LogP contribution in [0.3, 0.4) is 0 Å². The largest absolute Gasteiger partial charge is 0.399 e. The van der Waals surface area contributed by atoms with Gasteiger partial charge in [0.15, 0.2) is 0 Å². The minimum absolute atomic E-state index is 0.406. The van der Waals surface area contributed by atoms with Crippen molar-refractivity contribution in [3.05, 3.63) is 23.8 Å². The van der Waals surface area contributed by atoms with Crippen LogP contribution in [0.1, 0.15) is 36.0 Å². The van der Waals surface area contributed by atoms with Crippen molar-refractivity contribution >= 4 is 29.0 Å². The first-order chi connectivity index (χ1) is 9.10. The van der Waals surface area contributed by atoms with E-state index in [4.69, 9.17) is 11.5 Å². The molecule has 0 heterocycles. The van der Waals surface area contributed by atoms with E-state index in [1.807, 2.05) is 11.8 Å². The lowest BCUT2D eigenvalue weighted by atomic mass is 9.94. The molecule has 1 fully saturated rings. The molecular formula is C14H21N3OS. The third-order valence-electron chi connectivity index (χ3n) is 3.68. The number of carbonyl (C=O) groups is 1. The van der Waals surface area contributed by atoms with Crippen LogP contribution >= 0.6 is 11.8 Å². The highest BCUT2D eigenvalue weighted by atomic mass is 32.2. The summed E-state index contributed by atoms with van der Waals surface area (Å²) >= 11 is 1.94. The van der Waals surface area contributed by atoms with Crippen molar-refractivity contribution in [1.29, 1.82) is 0 Å². The Labute approximate surface area is 118 Å². The monoisotopic (exact) mass is 279 g/mol. The van der Waals surface area contributed by atoms with Gasteiger partial charge in [0, 0.05) is 22.7 Å². The fraction of sp³-hybridized carbons (Fsp3) is 0.500.